The van der Waals surface area contributed by atoms with Gasteiger partial charge in [0.25, 0.3) is 0 Å². The van der Waals surface area contributed by atoms with E-state index < -0.39 is 5.60 Å². The molecule has 3 heterocycles. The minimum absolute atomic E-state index is 0.124. The number of carbonyl (C=O) groups is 2. The summed E-state index contributed by atoms with van der Waals surface area (Å²) in [6.45, 7) is 17.0. The second kappa shape index (κ2) is 14.4. The molecule has 0 aliphatic carbocycles. The van der Waals surface area contributed by atoms with Crippen LogP contribution in [-0.2, 0) is 27.4 Å². The van der Waals surface area contributed by atoms with Crippen molar-refractivity contribution in [2.75, 3.05) is 26.3 Å². The topological polar surface area (TPSA) is 89.8 Å². The summed E-state index contributed by atoms with van der Waals surface area (Å²) in [7, 11) is 0. The number of hydrogen-bond donors (Lipinski definition) is 0. The van der Waals surface area contributed by atoms with Crippen LogP contribution in [0.2, 0.25) is 0 Å². The van der Waals surface area contributed by atoms with Crippen LogP contribution in [0.15, 0.2) is 30.5 Å². The van der Waals surface area contributed by atoms with E-state index in [1.807, 2.05) is 70.8 Å². The number of nitrogens with zero attached hydrogens (tertiary/aromatic N) is 5. The number of rotatable bonds is 9. The molecule has 0 radical (unpaired) electrons. The average Bonchev–Trinajstić information content (AvgIpc) is 3.29. The smallest absolute Gasteiger partial charge is 0.410 e. The Balaban J connectivity index is 0.00000216. The minimum Gasteiger partial charge on any atom is -0.444 e. The quantitative estimate of drug-likeness (QED) is 0.294. The highest BCUT2D eigenvalue weighted by Gasteiger charge is 2.25. The van der Waals surface area contributed by atoms with Gasteiger partial charge in [0.2, 0.25) is 5.91 Å². The Bertz CT molecular complexity index is 1260. The van der Waals surface area contributed by atoms with E-state index in [9.17, 15) is 9.59 Å². The third-order valence-corrected chi connectivity index (χ3v) is 6.99. The zero-order chi connectivity index (χ0) is 29.3. The lowest BCUT2D eigenvalue weighted by Gasteiger charge is -2.33. The third-order valence-electron chi connectivity index (χ3n) is 6.99. The van der Waals surface area contributed by atoms with Gasteiger partial charge in [0.15, 0.2) is 0 Å². The van der Waals surface area contributed by atoms with E-state index in [0.29, 0.717) is 26.3 Å². The van der Waals surface area contributed by atoms with E-state index in [2.05, 4.69) is 15.6 Å². The van der Waals surface area contributed by atoms with Crippen LogP contribution in [0, 0.1) is 0 Å². The molecule has 1 aliphatic rings. The van der Waals surface area contributed by atoms with Gasteiger partial charge in [-0.3, -0.25) is 9.78 Å². The van der Waals surface area contributed by atoms with Crippen LogP contribution in [0.3, 0.4) is 0 Å². The number of unbranched alkanes of at least 4 members (excludes halogenated alkanes) is 1. The van der Waals surface area contributed by atoms with Gasteiger partial charge in [-0.25, -0.2) is 9.78 Å². The summed E-state index contributed by atoms with van der Waals surface area (Å²) in [5, 5.41) is 1.04. The van der Waals surface area contributed by atoms with Crippen molar-refractivity contribution in [3.05, 3.63) is 36.3 Å². The zero-order valence-corrected chi connectivity index (χ0v) is 25.4. The second-order valence-electron chi connectivity index (χ2n) is 10.9. The number of benzene rings is 1. The lowest BCUT2D eigenvalue weighted by molar-refractivity contribution is -0.133. The van der Waals surface area contributed by atoms with Crippen LogP contribution in [-0.4, -0.2) is 74.3 Å². The van der Waals surface area contributed by atoms with Crippen molar-refractivity contribution < 1.29 is 19.1 Å². The molecule has 1 aliphatic heterocycles. The molecular formula is C31H47N5O4. The number of imidazole rings is 1. The number of aryl methyl sites for hydroxylation is 1. The first-order chi connectivity index (χ1) is 19.2. The van der Waals surface area contributed by atoms with Crippen molar-refractivity contribution in [1.82, 2.24) is 24.3 Å². The van der Waals surface area contributed by atoms with Crippen LogP contribution < -0.4 is 0 Å². The van der Waals surface area contributed by atoms with Crippen molar-refractivity contribution in [2.24, 2.45) is 0 Å². The van der Waals surface area contributed by atoms with Crippen LogP contribution in [0.25, 0.3) is 21.9 Å². The van der Waals surface area contributed by atoms with Gasteiger partial charge in [0, 0.05) is 51.2 Å². The Morgan fingerprint density at radius 2 is 1.80 bits per heavy atom. The molecule has 0 unspecified atom stereocenters. The summed E-state index contributed by atoms with van der Waals surface area (Å²) in [6.07, 6.45) is 5.00. The fourth-order valence-corrected chi connectivity index (χ4v) is 5.12. The first kappa shape index (κ1) is 31.3. The number of para-hydroxylation sites is 1. The van der Waals surface area contributed by atoms with E-state index >= 15 is 0 Å². The Kier molecular flexibility index (Phi) is 11.3. The molecule has 0 saturated carbocycles. The van der Waals surface area contributed by atoms with Gasteiger partial charge in [-0.1, -0.05) is 32.0 Å². The predicted molar refractivity (Wildman–Crippen MR) is 159 cm³/mol. The van der Waals surface area contributed by atoms with E-state index in [0.717, 1.165) is 66.5 Å². The Hall–Kier alpha value is -3.20. The highest BCUT2D eigenvalue weighted by atomic mass is 16.6. The van der Waals surface area contributed by atoms with Gasteiger partial charge >= 0.3 is 6.09 Å². The molecule has 0 bridgehead atoms. The van der Waals surface area contributed by atoms with Crippen molar-refractivity contribution in [3.8, 4) is 0 Å². The number of amides is 2. The molecule has 9 nitrogen and oxygen atoms in total. The molecule has 0 atom stereocenters. The summed E-state index contributed by atoms with van der Waals surface area (Å²) in [5.41, 5.74) is 2.18. The van der Waals surface area contributed by atoms with Crippen LogP contribution in [0.4, 0.5) is 4.79 Å². The molecule has 0 N–H and O–H groups in total. The monoisotopic (exact) mass is 553 g/mol. The van der Waals surface area contributed by atoms with E-state index in [4.69, 9.17) is 14.5 Å². The summed E-state index contributed by atoms with van der Waals surface area (Å²) >= 11 is 0. The summed E-state index contributed by atoms with van der Waals surface area (Å²) in [6, 6.07) is 8.33. The first-order valence-electron chi connectivity index (χ1n) is 14.7. The Morgan fingerprint density at radius 1 is 1.10 bits per heavy atom. The van der Waals surface area contributed by atoms with E-state index in [1.165, 1.54) is 0 Å². The van der Waals surface area contributed by atoms with Gasteiger partial charge in [-0.2, -0.15) is 0 Å². The maximum Gasteiger partial charge on any atom is 0.410 e. The minimum atomic E-state index is -0.572. The van der Waals surface area contributed by atoms with Crippen molar-refractivity contribution >= 4 is 33.9 Å². The SMILES string of the molecule is CC.CCN(Cc1nc2cnc3ccccc3c2n1CCCCN(C(C)=O)C1CCOCC1)C(=O)OC(C)(C)C. The number of ether oxygens (including phenoxy) is 2. The number of aromatic nitrogens is 3. The van der Waals surface area contributed by atoms with Gasteiger partial charge < -0.3 is 23.8 Å². The number of carbonyl (C=O) groups excluding carboxylic acids is 2. The molecule has 40 heavy (non-hydrogen) atoms. The first-order valence-corrected chi connectivity index (χ1v) is 14.7. The number of pyridine rings is 1. The highest BCUT2D eigenvalue weighted by molar-refractivity contribution is 6.02. The summed E-state index contributed by atoms with van der Waals surface area (Å²) in [5.74, 6) is 0.928. The largest absolute Gasteiger partial charge is 0.444 e. The van der Waals surface area contributed by atoms with Crippen molar-refractivity contribution in [3.63, 3.8) is 0 Å². The van der Waals surface area contributed by atoms with Gasteiger partial charge in [0.05, 0.1) is 23.8 Å². The standard InChI is InChI=1S/C29H41N5O4.C2H6/c1-6-32(28(36)38-29(3,4)5)20-26-31-25-19-30-24-12-8-7-11-23(24)27(25)34(26)16-10-9-15-33(21(2)35)22-13-17-37-18-14-22;1-2/h7-8,11-12,19,22H,6,9-10,13-18,20H2,1-5H3;1-2H3. The lowest BCUT2D eigenvalue weighted by atomic mass is 10.1. The summed E-state index contributed by atoms with van der Waals surface area (Å²) in [4.78, 5) is 38.5. The fourth-order valence-electron chi connectivity index (χ4n) is 5.12. The predicted octanol–water partition coefficient (Wildman–Crippen LogP) is 6.18. The highest BCUT2D eigenvalue weighted by Crippen LogP contribution is 2.26. The molecule has 1 saturated heterocycles. The molecule has 1 fully saturated rings. The van der Waals surface area contributed by atoms with Gasteiger partial charge in [-0.05, 0) is 59.4 Å². The lowest BCUT2D eigenvalue weighted by Crippen LogP contribution is -2.42. The Morgan fingerprint density at radius 3 is 2.45 bits per heavy atom. The van der Waals surface area contributed by atoms with Crippen LogP contribution >= 0.6 is 0 Å². The molecule has 220 valence electrons. The molecule has 2 aromatic heterocycles. The number of hydrogen-bond acceptors (Lipinski definition) is 6. The molecule has 4 rings (SSSR count). The van der Waals surface area contributed by atoms with Gasteiger partial charge in [0.1, 0.15) is 16.9 Å². The maximum absolute atomic E-state index is 12.9. The normalized spacial score (nSPS) is 14.1. The average molecular weight is 554 g/mol. The van der Waals surface area contributed by atoms with Crippen molar-refractivity contribution in [2.45, 2.75) is 98.9 Å². The zero-order valence-electron chi connectivity index (χ0n) is 25.4. The molecular weight excluding hydrogens is 506 g/mol. The Labute approximate surface area is 238 Å². The fraction of sp³-hybridized carbons (Fsp3) is 0.613. The van der Waals surface area contributed by atoms with Crippen molar-refractivity contribution in [1.29, 1.82) is 0 Å². The van der Waals surface area contributed by atoms with Crippen LogP contribution in [0.1, 0.15) is 80.0 Å². The van der Waals surface area contributed by atoms with Crippen LogP contribution in [0.5, 0.6) is 0 Å². The molecule has 2 amide bonds. The molecule has 1 aromatic carbocycles. The summed E-state index contributed by atoms with van der Waals surface area (Å²) < 4.78 is 13.4. The van der Waals surface area contributed by atoms with E-state index in [1.54, 1.807) is 11.8 Å². The molecule has 9 heteroatoms. The second-order valence-corrected chi connectivity index (χ2v) is 10.9. The third kappa shape index (κ3) is 7.93. The molecule has 3 aromatic rings. The maximum atomic E-state index is 12.9. The van der Waals surface area contributed by atoms with Gasteiger partial charge in [-0.15, -0.1) is 0 Å². The number of fused-ring (bicyclic) bond motifs is 3. The molecule has 0 spiro atoms. The van der Waals surface area contributed by atoms with E-state index in [-0.39, 0.29) is 18.0 Å².